The lowest BCUT2D eigenvalue weighted by molar-refractivity contribution is -0.132. The number of benzene rings is 2. The van der Waals surface area contributed by atoms with Crippen LogP contribution in [-0.2, 0) is 27.8 Å². The zero-order valence-electron chi connectivity index (χ0n) is 15.8. The molecular weight excluding hydrogens is 362 g/mol. The third-order valence-corrected chi connectivity index (χ3v) is 5.19. The number of rotatable bonds is 9. The fourth-order valence-corrected chi connectivity index (χ4v) is 3.23. The number of carbonyl (C=O) groups is 1. The van der Waals surface area contributed by atoms with Gasteiger partial charge in [0.2, 0.25) is 15.9 Å². The lowest BCUT2D eigenvalue weighted by Crippen LogP contribution is -2.42. The average molecular weight is 390 g/mol. The first-order valence-corrected chi connectivity index (χ1v) is 10.5. The molecule has 0 spiro atoms. The number of nitrogens with one attached hydrogen (secondary N) is 1. The third-order valence-electron chi connectivity index (χ3n) is 4.26. The van der Waals surface area contributed by atoms with Crippen LogP contribution in [0.5, 0.6) is 0 Å². The van der Waals surface area contributed by atoms with E-state index >= 15 is 0 Å². The van der Waals surface area contributed by atoms with E-state index in [4.69, 9.17) is 5.14 Å². The van der Waals surface area contributed by atoms with Crippen molar-refractivity contribution in [3.05, 3.63) is 65.7 Å². The van der Waals surface area contributed by atoms with Gasteiger partial charge in [-0.2, -0.15) is 0 Å². The van der Waals surface area contributed by atoms with Crippen molar-refractivity contribution < 1.29 is 13.2 Å². The summed E-state index contributed by atoms with van der Waals surface area (Å²) < 4.78 is 22.5. The summed E-state index contributed by atoms with van der Waals surface area (Å²) in [7, 11) is -3.67. The van der Waals surface area contributed by atoms with E-state index in [-0.39, 0.29) is 23.4 Å². The Hall–Kier alpha value is -2.22. The summed E-state index contributed by atoms with van der Waals surface area (Å²) in [5, 5.41) is 8.25. The Morgan fingerprint density at radius 3 is 2.22 bits per heavy atom. The predicted molar refractivity (Wildman–Crippen MR) is 107 cm³/mol. The van der Waals surface area contributed by atoms with E-state index in [0.717, 1.165) is 11.1 Å². The normalized spacial score (nSPS) is 11.6. The SMILES string of the molecule is CC(C)N(Cc1ccccc1)C(=O)CNCCc1ccc(S(N)(=O)=O)cc1. The van der Waals surface area contributed by atoms with Gasteiger partial charge in [0.15, 0.2) is 0 Å². The van der Waals surface area contributed by atoms with Crippen molar-refractivity contribution in [2.45, 2.75) is 37.8 Å². The number of primary sulfonamides is 1. The van der Waals surface area contributed by atoms with E-state index in [1.165, 1.54) is 12.1 Å². The monoisotopic (exact) mass is 389 g/mol. The minimum absolute atomic E-state index is 0.0541. The molecule has 7 heteroatoms. The van der Waals surface area contributed by atoms with E-state index < -0.39 is 10.0 Å². The second-order valence-electron chi connectivity index (χ2n) is 6.72. The molecule has 0 aliphatic carbocycles. The molecule has 0 bridgehead atoms. The highest BCUT2D eigenvalue weighted by molar-refractivity contribution is 7.89. The van der Waals surface area contributed by atoms with Crippen LogP contribution < -0.4 is 10.5 Å². The van der Waals surface area contributed by atoms with E-state index in [2.05, 4.69) is 5.32 Å². The standard InChI is InChI=1S/C20H27N3O3S/c1-16(2)23(15-18-6-4-3-5-7-18)20(24)14-22-13-12-17-8-10-19(11-9-17)27(21,25)26/h3-11,16,22H,12-15H2,1-2H3,(H2,21,25,26). The molecule has 0 saturated carbocycles. The van der Waals surface area contributed by atoms with Crippen LogP contribution in [0.3, 0.4) is 0 Å². The van der Waals surface area contributed by atoms with Crippen molar-refractivity contribution in [3.63, 3.8) is 0 Å². The highest BCUT2D eigenvalue weighted by Crippen LogP contribution is 2.10. The maximum Gasteiger partial charge on any atom is 0.238 e. The van der Waals surface area contributed by atoms with Crippen molar-refractivity contribution >= 4 is 15.9 Å². The number of amides is 1. The Morgan fingerprint density at radius 1 is 1.04 bits per heavy atom. The van der Waals surface area contributed by atoms with Gasteiger partial charge in [-0.1, -0.05) is 42.5 Å². The molecule has 27 heavy (non-hydrogen) atoms. The molecule has 0 aliphatic heterocycles. The Kier molecular flexibility index (Phi) is 7.53. The molecule has 2 aromatic rings. The summed E-state index contributed by atoms with van der Waals surface area (Å²) in [4.78, 5) is 14.5. The molecule has 0 radical (unpaired) electrons. The molecule has 0 aliphatic rings. The smallest absolute Gasteiger partial charge is 0.238 e. The van der Waals surface area contributed by atoms with Crippen LogP contribution in [0.4, 0.5) is 0 Å². The maximum atomic E-state index is 12.5. The van der Waals surface area contributed by atoms with Crippen LogP contribution in [0, 0.1) is 0 Å². The summed E-state index contributed by atoms with van der Waals surface area (Å²) in [6.07, 6.45) is 0.693. The van der Waals surface area contributed by atoms with E-state index in [1.54, 1.807) is 12.1 Å². The molecule has 0 aromatic heterocycles. The molecule has 3 N–H and O–H groups in total. The van der Waals surface area contributed by atoms with Crippen LogP contribution in [0.1, 0.15) is 25.0 Å². The predicted octanol–water partition coefficient (Wildman–Crippen LogP) is 1.90. The highest BCUT2D eigenvalue weighted by atomic mass is 32.2. The molecule has 2 rings (SSSR count). The average Bonchev–Trinajstić information content (AvgIpc) is 2.63. The van der Waals surface area contributed by atoms with Crippen LogP contribution in [0.25, 0.3) is 0 Å². The number of hydrogen-bond acceptors (Lipinski definition) is 4. The highest BCUT2D eigenvalue weighted by Gasteiger charge is 2.16. The lowest BCUT2D eigenvalue weighted by Gasteiger charge is -2.27. The van der Waals surface area contributed by atoms with Crippen LogP contribution in [-0.4, -0.2) is 38.4 Å². The van der Waals surface area contributed by atoms with Crippen molar-refractivity contribution in [1.82, 2.24) is 10.2 Å². The summed E-state index contributed by atoms with van der Waals surface area (Å²) in [6, 6.07) is 16.5. The third kappa shape index (κ3) is 6.78. The molecule has 0 saturated heterocycles. The molecule has 146 valence electrons. The second-order valence-corrected chi connectivity index (χ2v) is 8.28. The number of sulfonamides is 1. The summed E-state index contributed by atoms with van der Waals surface area (Å²) >= 11 is 0. The Balaban J connectivity index is 1.81. The van der Waals surface area contributed by atoms with Crippen molar-refractivity contribution in [3.8, 4) is 0 Å². The van der Waals surface area contributed by atoms with Gasteiger partial charge in [0.05, 0.1) is 11.4 Å². The van der Waals surface area contributed by atoms with Gasteiger partial charge < -0.3 is 10.2 Å². The van der Waals surface area contributed by atoms with Crippen LogP contribution in [0.15, 0.2) is 59.5 Å². The summed E-state index contributed by atoms with van der Waals surface area (Å²) in [5.74, 6) is 0.0541. The van der Waals surface area contributed by atoms with E-state index in [1.807, 2.05) is 49.1 Å². The molecular formula is C20H27N3O3S. The van der Waals surface area contributed by atoms with Gasteiger partial charge >= 0.3 is 0 Å². The minimum Gasteiger partial charge on any atom is -0.335 e. The molecule has 1 amide bonds. The first-order valence-electron chi connectivity index (χ1n) is 8.93. The first-order chi connectivity index (χ1) is 12.8. The topological polar surface area (TPSA) is 92.5 Å². The lowest BCUT2D eigenvalue weighted by atomic mass is 10.1. The fraction of sp³-hybridized carbons (Fsp3) is 0.350. The minimum atomic E-state index is -3.67. The summed E-state index contributed by atoms with van der Waals surface area (Å²) in [5.41, 5.74) is 2.09. The number of carbonyl (C=O) groups excluding carboxylic acids is 1. The first kappa shape index (κ1) is 21.1. The molecule has 0 atom stereocenters. The van der Waals surface area contributed by atoms with E-state index in [9.17, 15) is 13.2 Å². The van der Waals surface area contributed by atoms with Gasteiger partial charge in [-0.15, -0.1) is 0 Å². The van der Waals surface area contributed by atoms with Crippen LogP contribution >= 0.6 is 0 Å². The molecule has 0 fully saturated rings. The Morgan fingerprint density at radius 2 is 1.67 bits per heavy atom. The zero-order valence-corrected chi connectivity index (χ0v) is 16.6. The largest absolute Gasteiger partial charge is 0.335 e. The Bertz CT molecular complexity index is 835. The van der Waals surface area contributed by atoms with Crippen molar-refractivity contribution in [2.24, 2.45) is 5.14 Å². The van der Waals surface area contributed by atoms with Crippen molar-refractivity contribution in [2.75, 3.05) is 13.1 Å². The van der Waals surface area contributed by atoms with Gasteiger partial charge in [0.25, 0.3) is 0 Å². The van der Waals surface area contributed by atoms with Crippen LogP contribution in [0.2, 0.25) is 0 Å². The molecule has 2 aromatic carbocycles. The molecule has 0 unspecified atom stereocenters. The van der Waals surface area contributed by atoms with Gasteiger partial charge in [-0.3, -0.25) is 4.79 Å². The van der Waals surface area contributed by atoms with Gasteiger partial charge in [0.1, 0.15) is 0 Å². The van der Waals surface area contributed by atoms with Gasteiger partial charge in [0, 0.05) is 12.6 Å². The van der Waals surface area contributed by atoms with Crippen molar-refractivity contribution in [1.29, 1.82) is 0 Å². The number of hydrogen-bond donors (Lipinski definition) is 2. The second kappa shape index (κ2) is 9.64. The van der Waals surface area contributed by atoms with Gasteiger partial charge in [-0.25, -0.2) is 13.6 Å². The quantitative estimate of drug-likeness (QED) is 0.641. The van der Waals surface area contributed by atoms with E-state index in [0.29, 0.717) is 19.5 Å². The zero-order chi connectivity index (χ0) is 19.9. The maximum absolute atomic E-state index is 12.5. The number of nitrogens with zero attached hydrogens (tertiary/aromatic N) is 1. The Labute approximate surface area is 161 Å². The number of nitrogens with two attached hydrogens (primary N) is 1. The fourth-order valence-electron chi connectivity index (χ4n) is 2.71. The van der Waals surface area contributed by atoms with Gasteiger partial charge in [-0.05, 0) is 50.1 Å². The summed E-state index contributed by atoms with van der Waals surface area (Å²) in [6.45, 7) is 5.49. The molecule has 0 heterocycles. The molecule has 6 nitrogen and oxygen atoms in total.